The fraction of sp³-hybridized carbons (Fsp3) is 0.647. The van der Waals surface area contributed by atoms with Gasteiger partial charge in [-0.2, -0.15) is 0 Å². The van der Waals surface area contributed by atoms with Crippen molar-refractivity contribution in [3.8, 4) is 5.75 Å². The average molecular weight is 693 g/mol. The molecule has 274 valence electrons. The number of likely N-dealkylation sites (tertiary alicyclic amines) is 1. The van der Waals surface area contributed by atoms with Gasteiger partial charge in [0.25, 0.3) is 5.91 Å². The van der Waals surface area contributed by atoms with E-state index in [-0.39, 0.29) is 30.8 Å². The van der Waals surface area contributed by atoms with Crippen LogP contribution in [0.3, 0.4) is 0 Å². The molecule has 0 unspecified atom stereocenters. The largest absolute Gasteiger partial charge is 0.507 e. The lowest BCUT2D eigenvalue weighted by Gasteiger charge is -2.47. The van der Waals surface area contributed by atoms with Crippen molar-refractivity contribution >= 4 is 23.9 Å². The maximum Gasteiger partial charge on any atom is 0.410 e. The van der Waals surface area contributed by atoms with Gasteiger partial charge in [-0.05, 0) is 83.7 Å². The van der Waals surface area contributed by atoms with Crippen LogP contribution in [0.4, 0.5) is 4.79 Å². The Labute approximate surface area is 286 Å². The Morgan fingerprint density at radius 3 is 2.37 bits per heavy atom. The smallest absolute Gasteiger partial charge is 0.410 e. The number of phenols is 1. The Balaban J connectivity index is 1.76. The van der Waals surface area contributed by atoms with Crippen molar-refractivity contribution in [3.05, 3.63) is 41.5 Å². The highest BCUT2D eigenvalue weighted by molar-refractivity contribution is 5.94. The van der Waals surface area contributed by atoms with Gasteiger partial charge in [0.05, 0.1) is 18.2 Å². The van der Waals surface area contributed by atoms with E-state index in [4.69, 9.17) is 9.47 Å². The van der Waals surface area contributed by atoms with Crippen molar-refractivity contribution in [2.75, 3.05) is 26.2 Å². The van der Waals surface area contributed by atoms with Crippen molar-refractivity contribution in [2.24, 2.45) is 0 Å². The summed E-state index contributed by atoms with van der Waals surface area (Å²) in [4.78, 5) is 51.9. The van der Waals surface area contributed by atoms with Crippen LogP contribution >= 0.6 is 0 Å². The van der Waals surface area contributed by atoms with E-state index in [1.54, 1.807) is 45.6 Å². The number of carbonyl (C=O) groups is 4. The second kappa shape index (κ2) is 15.9. The lowest BCUT2D eigenvalue weighted by Crippen LogP contribution is -2.68. The number of nitrogens with one attached hydrogen (secondary N) is 3. The quantitative estimate of drug-likeness (QED) is 0.135. The average Bonchev–Trinajstić information content (AvgIpc) is 3.42. The number of hydrogen-bond acceptors (Lipinski definition) is 11. The number of carbonyl (C=O) groups excluding carboxylic acids is 3. The highest BCUT2D eigenvalue weighted by Crippen LogP contribution is 2.36. The monoisotopic (exact) mass is 692 g/mol. The molecule has 0 aromatic heterocycles. The normalized spacial score (nSPS) is 26.8. The molecule has 15 nitrogen and oxygen atoms in total. The number of aliphatic hydroxyl groups is 3. The second-order valence-electron chi connectivity index (χ2n) is 14.2. The van der Waals surface area contributed by atoms with Crippen molar-refractivity contribution in [3.63, 3.8) is 0 Å². The molecule has 7 atom stereocenters. The summed E-state index contributed by atoms with van der Waals surface area (Å²) in [7, 11) is 0. The second-order valence-corrected chi connectivity index (χ2v) is 14.2. The van der Waals surface area contributed by atoms with E-state index in [0.29, 0.717) is 30.5 Å². The van der Waals surface area contributed by atoms with Gasteiger partial charge in [0, 0.05) is 44.1 Å². The summed E-state index contributed by atoms with van der Waals surface area (Å²) < 4.78 is 11.6. The van der Waals surface area contributed by atoms with Crippen LogP contribution in [0.1, 0.15) is 74.9 Å². The van der Waals surface area contributed by atoms with Gasteiger partial charge in [0.1, 0.15) is 23.6 Å². The molecule has 2 aliphatic rings. The maximum atomic E-state index is 12.8. The van der Waals surface area contributed by atoms with Gasteiger partial charge in [0.15, 0.2) is 5.60 Å². The third kappa shape index (κ3) is 9.91. The summed E-state index contributed by atoms with van der Waals surface area (Å²) in [5.74, 6) is -2.57. The maximum absolute atomic E-state index is 12.8. The molecule has 3 rings (SSSR count). The number of benzene rings is 1. The van der Waals surface area contributed by atoms with E-state index in [9.17, 15) is 44.7 Å². The molecule has 15 heteroatoms. The number of phenolic OH excluding ortho intramolecular Hbond substituents is 1. The summed E-state index contributed by atoms with van der Waals surface area (Å²) >= 11 is 0. The summed E-state index contributed by atoms with van der Waals surface area (Å²) in [5.41, 5.74) is -2.21. The number of ether oxygens (including phenoxy) is 2. The minimum Gasteiger partial charge on any atom is -0.507 e. The Kier molecular flexibility index (Phi) is 12.8. The molecule has 2 aliphatic heterocycles. The summed E-state index contributed by atoms with van der Waals surface area (Å²) in [6.45, 7) is 13.8. The summed E-state index contributed by atoms with van der Waals surface area (Å²) in [6, 6.07) is 1.64. The molecule has 1 aromatic carbocycles. The van der Waals surface area contributed by atoms with Crippen LogP contribution in [0.2, 0.25) is 0 Å². The number of rotatable bonds is 13. The standard InChI is InChI=1S/C34H52N4O11/c1-8-9-33(11-13-38(18-33)31(47)49-32(5,6)7)36-12-10-34(30(45)46)16-23(40)25(37-21(4)39)28(48-34)27(43)24(41)17-35-29(44)22-14-19(2)26(42)20(3)15-22/h8,14-15,23-25,27-28,36,40-43H,1,9-13,16-18H2,2-7H3,(H,35,44)(H,37,39)(H,45,46)/t23-,24+,25+,27+,28+,33-,34+/m0/s1. The fourth-order valence-corrected chi connectivity index (χ4v) is 6.44. The molecule has 0 spiro atoms. The molecule has 1 aromatic rings. The van der Waals surface area contributed by atoms with Gasteiger partial charge >= 0.3 is 12.1 Å². The molecule has 0 saturated carbocycles. The fourth-order valence-electron chi connectivity index (χ4n) is 6.44. The van der Waals surface area contributed by atoms with Crippen molar-refractivity contribution in [1.29, 1.82) is 0 Å². The summed E-state index contributed by atoms with van der Waals surface area (Å²) in [5, 5.41) is 62.1. The van der Waals surface area contributed by atoms with E-state index in [1.165, 1.54) is 19.1 Å². The number of carboxylic acids is 1. The van der Waals surface area contributed by atoms with Crippen molar-refractivity contribution < 1.29 is 54.2 Å². The summed E-state index contributed by atoms with van der Waals surface area (Å²) in [6.07, 6.45) is -5.04. The first kappa shape index (κ1) is 39.7. The van der Waals surface area contributed by atoms with Gasteiger partial charge in [0.2, 0.25) is 5.91 Å². The molecule has 0 aliphatic carbocycles. The molecule has 49 heavy (non-hydrogen) atoms. The van der Waals surface area contributed by atoms with Crippen LogP contribution in [0.15, 0.2) is 24.8 Å². The third-order valence-corrected chi connectivity index (χ3v) is 8.95. The van der Waals surface area contributed by atoms with E-state index in [2.05, 4.69) is 22.5 Å². The first-order valence-electron chi connectivity index (χ1n) is 16.4. The van der Waals surface area contributed by atoms with Crippen molar-refractivity contribution in [2.45, 2.75) is 114 Å². The first-order valence-corrected chi connectivity index (χ1v) is 16.4. The lowest BCUT2D eigenvalue weighted by atomic mass is 9.81. The van der Waals surface area contributed by atoms with E-state index in [1.807, 2.05) is 0 Å². The van der Waals surface area contributed by atoms with E-state index in [0.717, 1.165) is 0 Å². The predicted octanol–water partition coefficient (Wildman–Crippen LogP) is 0.874. The molecule has 2 saturated heterocycles. The minimum atomic E-state index is -2.05. The first-order chi connectivity index (χ1) is 22.7. The molecule has 0 bridgehead atoms. The van der Waals surface area contributed by atoms with Crippen LogP contribution in [-0.4, -0.2) is 128 Å². The van der Waals surface area contributed by atoms with Crippen LogP contribution in [0.25, 0.3) is 0 Å². The number of amides is 3. The number of aliphatic carboxylic acids is 1. The Hall–Kier alpha value is -3.76. The zero-order valence-electron chi connectivity index (χ0n) is 29.1. The highest BCUT2D eigenvalue weighted by Gasteiger charge is 2.54. The Bertz CT molecular complexity index is 1380. The van der Waals surface area contributed by atoms with Crippen molar-refractivity contribution in [1.82, 2.24) is 20.9 Å². The zero-order chi connectivity index (χ0) is 36.9. The molecular weight excluding hydrogens is 640 g/mol. The molecule has 3 amide bonds. The number of hydrogen-bond donors (Lipinski definition) is 8. The van der Waals surface area contributed by atoms with Gasteiger partial charge in [-0.25, -0.2) is 9.59 Å². The number of nitrogens with zero attached hydrogens (tertiary/aromatic N) is 1. The minimum absolute atomic E-state index is 0.0445. The van der Waals surface area contributed by atoms with Crippen LogP contribution in [0.5, 0.6) is 5.75 Å². The van der Waals surface area contributed by atoms with Gasteiger partial charge in [-0.3, -0.25) is 9.59 Å². The molecule has 2 heterocycles. The zero-order valence-corrected chi connectivity index (χ0v) is 29.1. The SMILES string of the molecule is C=CC[C@]1(NCC[C@]2(C(=O)O)C[C@H](O)[C@@H](NC(C)=O)[C@H]([C@H](O)[C@H](O)CNC(=O)c3cc(C)c(O)c(C)c3)O2)CCN(C(=O)OC(C)(C)C)C1. The Morgan fingerprint density at radius 1 is 1.18 bits per heavy atom. The lowest BCUT2D eigenvalue weighted by molar-refractivity contribution is -0.229. The molecule has 8 N–H and O–H groups in total. The van der Waals surface area contributed by atoms with E-state index >= 15 is 0 Å². The predicted molar refractivity (Wildman–Crippen MR) is 178 cm³/mol. The highest BCUT2D eigenvalue weighted by atomic mass is 16.6. The molecule has 0 radical (unpaired) electrons. The van der Waals surface area contributed by atoms with E-state index < -0.39 is 84.0 Å². The Morgan fingerprint density at radius 2 is 1.82 bits per heavy atom. The van der Waals surface area contributed by atoms with Crippen LogP contribution in [0, 0.1) is 13.8 Å². The molecule has 2 fully saturated rings. The molecular formula is C34H52N4O11. The number of aryl methyl sites for hydroxylation is 2. The van der Waals surface area contributed by atoms with Gasteiger partial charge < -0.3 is 55.9 Å². The number of aromatic hydroxyl groups is 1. The third-order valence-electron chi connectivity index (χ3n) is 8.95. The topological polar surface area (TPSA) is 227 Å². The number of aliphatic hydroxyl groups excluding tert-OH is 3. The number of carboxylic acid groups (broad SMARTS) is 1. The van der Waals surface area contributed by atoms with Gasteiger partial charge in [-0.15, -0.1) is 6.58 Å². The van der Waals surface area contributed by atoms with Gasteiger partial charge in [-0.1, -0.05) is 6.08 Å². The van der Waals surface area contributed by atoms with Crippen LogP contribution in [-0.2, 0) is 19.1 Å². The van der Waals surface area contributed by atoms with Crippen LogP contribution < -0.4 is 16.0 Å².